The minimum Gasteiger partial charge on any atom is -0.0619 e. The van der Waals surface area contributed by atoms with Gasteiger partial charge in [-0.2, -0.15) is 0 Å². The van der Waals surface area contributed by atoms with E-state index in [0.29, 0.717) is 35.5 Å². The van der Waals surface area contributed by atoms with Gasteiger partial charge in [0, 0.05) is 5.92 Å². The Balaban J connectivity index is 3.71. The number of hydrogen-bond acceptors (Lipinski definition) is 0. The highest BCUT2D eigenvalue weighted by atomic mass is 14.4. The molecular formula is C22H38. The van der Waals surface area contributed by atoms with Gasteiger partial charge in [-0.3, -0.25) is 0 Å². The predicted molar refractivity (Wildman–Crippen MR) is 101 cm³/mol. The lowest BCUT2D eigenvalue weighted by Gasteiger charge is -2.35. The molecule has 0 atom stereocenters. The first-order valence-corrected chi connectivity index (χ1v) is 9.25. The minimum absolute atomic E-state index is 0.588. The molecule has 126 valence electrons. The molecule has 1 aliphatic rings. The molecule has 1 aliphatic carbocycles. The Morgan fingerprint density at radius 1 is 0.545 bits per heavy atom. The molecule has 0 bridgehead atoms. The average molecular weight is 303 g/mol. The van der Waals surface area contributed by atoms with E-state index in [0.717, 1.165) is 0 Å². The van der Waals surface area contributed by atoms with Crippen molar-refractivity contribution in [3.05, 3.63) is 34.4 Å². The maximum absolute atomic E-state index is 2.43. The maximum Gasteiger partial charge on any atom is 0.00470 e. The zero-order chi connectivity index (χ0) is 17.2. The molecule has 0 aromatic carbocycles. The summed E-state index contributed by atoms with van der Waals surface area (Å²) in [5.41, 5.74) is 6.51. The van der Waals surface area contributed by atoms with Gasteiger partial charge < -0.3 is 0 Å². The molecule has 0 nitrogen and oxygen atoms in total. The van der Waals surface area contributed by atoms with Crippen LogP contribution in [0.5, 0.6) is 0 Å². The molecule has 1 rings (SSSR count). The van der Waals surface area contributed by atoms with E-state index in [1.807, 2.05) is 0 Å². The molecule has 0 saturated heterocycles. The van der Waals surface area contributed by atoms with Gasteiger partial charge in [0.15, 0.2) is 0 Å². The Morgan fingerprint density at radius 3 is 1.05 bits per heavy atom. The second kappa shape index (κ2) is 7.66. The van der Waals surface area contributed by atoms with Crippen molar-refractivity contribution in [2.45, 2.75) is 69.2 Å². The fourth-order valence-corrected chi connectivity index (χ4v) is 4.05. The Bertz CT molecular complexity index is 424. The first kappa shape index (κ1) is 19.3. The molecular weight excluding hydrogens is 264 g/mol. The van der Waals surface area contributed by atoms with Gasteiger partial charge >= 0.3 is 0 Å². The third-order valence-electron chi connectivity index (χ3n) is 4.93. The van der Waals surface area contributed by atoms with E-state index in [9.17, 15) is 0 Å². The van der Waals surface area contributed by atoms with Crippen molar-refractivity contribution in [2.24, 2.45) is 35.5 Å². The summed E-state index contributed by atoms with van der Waals surface area (Å²) in [6.07, 6.45) is 4.86. The molecule has 0 heterocycles. The second-order valence-corrected chi connectivity index (χ2v) is 8.50. The minimum atomic E-state index is 0.588. The van der Waals surface area contributed by atoms with Crippen molar-refractivity contribution < 1.29 is 0 Å². The molecule has 0 fully saturated rings. The normalized spacial score (nSPS) is 18.0. The predicted octanol–water partition coefficient (Wildman–Crippen LogP) is 7.05. The largest absolute Gasteiger partial charge is 0.0619 e. The summed E-state index contributed by atoms with van der Waals surface area (Å²) in [4.78, 5) is 0. The van der Waals surface area contributed by atoms with Crippen LogP contribution in [0, 0.1) is 35.5 Å². The van der Waals surface area contributed by atoms with Crippen LogP contribution in [-0.4, -0.2) is 0 Å². The van der Waals surface area contributed by atoms with Gasteiger partial charge in [0.25, 0.3) is 0 Å². The average Bonchev–Trinajstić information content (AvgIpc) is 2.54. The van der Waals surface area contributed by atoms with Gasteiger partial charge in [-0.25, -0.2) is 0 Å². The summed E-state index contributed by atoms with van der Waals surface area (Å²) >= 11 is 0. The fourth-order valence-electron chi connectivity index (χ4n) is 4.05. The van der Waals surface area contributed by atoms with Gasteiger partial charge in [0.1, 0.15) is 0 Å². The van der Waals surface area contributed by atoms with Crippen LogP contribution in [0.2, 0.25) is 0 Å². The van der Waals surface area contributed by atoms with Gasteiger partial charge in [-0.1, -0.05) is 92.5 Å². The van der Waals surface area contributed by atoms with Crippen LogP contribution in [0.15, 0.2) is 34.4 Å². The van der Waals surface area contributed by atoms with E-state index in [2.05, 4.69) is 81.4 Å². The number of hydrogen-bond donors (Lipinski definition) is 0. The van der Waals surface area contributed by atoms with Crippen LogP contribution >= 0.6 is 0 Å². The van der Waals surface area contributed by atoms with Gasteiger partial charge in [0.05, 0.1) is 0 Å². The monoisotopic (exact) mass is 302 g/mol. The first-order valence-electron chi connectivity index (χ1n) is 9.25. The molecule has 22 heavy (non-hydrogen) atoms. The molecule has 0 aliphatic heterocycles. The Kier molecular flexibility index (Phi) is 6.71. The zero-order valence-electron chi connectivity index (χ0n) is 16.6. The highest BCUT2D eigenvalue weighted by molar-refractivity contribution is 5.46. The van der Waals surface area contributed by atoms with Crippen molar-refractivity contribution in [1.29, 1.82) is 0 Å². The fraction of sp³-hybridized carbons (Fsp3) is 0.727. The molecule has 0 radical (unpaired) electrons. The van der Waals surface area contributed by atoms with E-state index in [1.54, 1.807) is 22.3 Å². The van der Waals surface area contributed by atoms with E-state index < -0.39 is 0 Å². The summed E-state index contributed by atoms with van der Waals surface area (Å²) in [5.74, 6) is 3.64. The molecule has 0 amide bonds. The lowest BCUT2D eigenvalue weighted by atomic mass is 9.70. The molecule has 0 heteroatoms. The molecule has 0 spiro atoms. The van der Waals surface area contributed by atoms with Gasteiger partial charge in [-0.05, 0) is 40.7 Å². The molecule has 0 aromatic rings. The van der Waals surface area contributed by atoms with Crippen LogP contribution in [0.25, 0.3) is 0 Å². The molecule has 0 unspecified atom stereocenters. The summed E-state index contributed by atoms with van der Waals surface area (Å²) in [6.45, 7) is 23.7. The Labute approximate surface area is 139 Å². The van der Waals surface area contributed by atoms with E-state index in [-0.39, 0.29) is 0 Å². The van der Waals surface area contributed by atoms with Crippen LogP contribution in [0.4, 0.5) is 0 Å². The smallest absolute Gasteiger partial charge is 0.00470 e. The van der Waals surface area contributed by atoms with Crippen molar-refractivity contribution in [3.8, 4) is 0 Å². The quantitative estimate of drug-likeness (QED) is 0.510. The van der Waals surface area contributed by atoms with Crippen molar-refractivity contribution in [3.63, 3.8) is 0 Å². The van der Waals surface area contributed by atoms with Crippen LogP contribution in [-0.2, 0) is 0 Å². The summed E-state index contributed by atoms with van der Waals surface area (Å²) in [6, 6.07) is 0. The number of allylic oxidation sites excluding steroid dienone is 6. The molecule has 0 saturated carbocycles. The van der Waals surface area contributed by atoms with Crippen molar-refractivity contribution in [2.75, 3.05) is 0 Å². The topological polar surface area (TPSA) is 0 Å². The zero-order valence-corrected chi connectivity index (χ0v) is 16.6. The van der Waals surface area contributed by atoms with Crippen LogP contribution < -0.4 is 0 Å². The standard InChI is InChI=1S/C22H38/c1-13(2)18-11-12-19(14(3)4)21(16(7)8)22(17(9)10)20(18)15(5)6/h11-17,22H,1-10H3. The highest BCUT2D eigenvalue weighted by Gasteiger charge is 2.32. The van der Waals surface area contributed by atoms with Crippen LogP contribution in [0.1, 0.15) is 69.2 Å². The third kappa shape index (κ3) is 3.94. The lowest BCUT2D eigenvalue weighted by molar-refractivity contribution is 0.421. The van der Waals surface area contributed by atoms with E-state index >= 15 is 0 Å². The highest BCUT2D eigenvalue weighted by Crippen LogP contribution is 2.44. The second-order valence-electron chi connectivity index (χ2n) is 8.50. The lowest BCUT2D eigenvalue weighted by Crippen LogP contribution is -2.24. The van der Waals surface area contributed by atoms with Crippen molar-refractivity contribution >= 4 is 0 Å². The first-order chi connectivity index (χ1) is 10.1. The van der Waals surface area contributed by atoms with E-state index in [4.69, 9.17) is 0 Å². The van der Waals surface area contributed by atoms with Crippen molar-refractivity contribution in [1.82, 2.24) is 0 Å². The maximum atomic E-state index is 2.43. The molecule has 0 N–H and O–H groups in total. The third-order valence-corrected chi connectivity index (χ3v) is 4.93. The summed E-state index contributed by atoms with van der Waals surface area (Å²) < 4.78 is 0. The summed E-state index contributed by atoms with van der Waals surface area (Å²) in [7, 11) is 0. The van der Waals surface area contributed by atoms with Gasteiger partial charge in [-0.15, -0.1) is 0 Å². The Morgan fingerprint density at radius 2 is 0.864 bits per heavy atom. The Hall–Kier alpha value is -0.780. The molecule has 0 aromatic heterocycles. The van der Waals surface area contributed by atoms with Crippen LogP contribution in [0.3, 0.4) is 0 Å². The van der Waals surface area contributed by atoms with E-state index in [1.165, 1.54) is 0 Å². The SMILES string of the molecule is CC(C)C1=C(C(C)C)C(C(C)C)C(C(C)C)=C(C(C)C)C=C1. The summed E-state index contributed by atoms with van der Waals surface area (Å²) in [5, 5.41) is 0. The number of rotatable bonds is 5. The van der Waals surface area contributed by atoms with Gasteiger partial charge in [0.2, 0.25) is 0 Å².